The highest BCUT2D eigenvalue weighted by molar-refractivity contribution is 6.17. The summed E-state index contributed by atoms with van der Waals surface area (Å²) in [5, 5.41) is 0. The first-order valence-corrected chi connectivity index (χ1v) is 6.21. The summed E-state index contributed by atoms with van der Waals surface area (Å²) in [7, 11) is 0. The van der Waals surface area contributed by atoms with Gasteiger partial charge in [0, 0.05) is 18.7 Å². The Kier molecular flexibility index (Phi) is 5.98. The Balaban J connectivity index is 2.71. The summed E-state index contributed by atoms with van der Waals surface area (Å²) in [6.07, 6.45) is 1.28. The van der Waals surface area contributed by atoms with Crippen LogP contribution in [0.1, 0.15) is 37.9 Å². The quantitative estimate of drug-likeness (QED) is 0.572. The van der Waals surface area contributed by atoms with Gasteiger partial charge in [0.25, 0.3) is 0 Å². The third-order valence-electron chi connectivity index (χ3n) is 2.34. The molecular weight excluding hydrogens is 243 g/mol. The molecule has 0 aromatic heterocycles. The lowest BCUT2D eigenvalue weighted by Gasteiger charge is -2.17. The second-order valence-corrected chi connectivity index (χ2v) is 4.14. The van der Waals surface area contributed by atoms with Gasteiger partial charge in [-0.2, -0.15) is 0 Å². The molecule has 1 atom stereocenters. The van der Waals surface area contributed by atoms with E-state index in [1.807, 2.05) is 6.92 Å². The van der Waals surface area contributed by atoms with Gasteiger partial charge in [0.05, 0.1) is 0 Å². The van der Waals surface area contributed by atoms with Crippen LogP contribution < -0.4 is 0 Å². The Bertz CT molecular complexity index is 351. The minimum atomic E-state index is -0.382. The maximum atomic E-state index is 12.8. The van der Waals surface area contributed by atoms with Crippen molar-refractivity contribution in [3.8, 4) is 0 Å². The number of carbonyl (C=O) groups is 1. The van der Waals surface area contributed by atoms with Crippen LogP contribution in [-0.4, -0.2) is 11.8 Å². The van der Waals surface area contributed by atoms with Gasteiger partial charge in [-0.3, -0.25) is 4.79 Å². The van der Waals surface area contributed by atoms with Crippen molar-refractivity contribution < 1.29 is 13.9 Å². The molecule has 17 heavy (non-hydrogen) atoms. The van der Waals surface area contributed by atoms with Crippen molar-refractivity contribution in [2.75, 3.05) is 5.88 Å². The van der Waals surface area contributed by atoms with Crippen LogP contribution in [-0.2, 0) is 9.53 Å². The molecule has 0 saturated heterocycles. The van der Waals surface area contributed by atoms with E-state index in [0.29, 0.717) is 18.7 Å². The van der Waals surface area contributed by atoms with E-state index >= 15 is 0 Å². The van der Waals surface area contributed by atoms with Crippen molar-refractivity contribution in [3.05, 3.63) is 35.6 Å². The lowest BCUT2D eigenvalue weighted by molar-refractivity contribution is -0.149. The second-order valence-electron chi connectivity index (χ2n) is 3.76. The number of carbonyl (C=O) groups excluding carboxylic acids is 1. The fourth-order valence-corrected chi connectivity index (χ4v) is 1.69. The van der Waals surface area contributed by atoms with E-state index in [1.165, 1.54) is 12.1 Å². The Morgan fingerprint density at radius 2 is 2.06 bits per heavy atom. The average Bonchev–Trinajstić information content (AvgIpc) is 2.30. The van der Waals surface area contributed by atoms with Crippen LogP contribution in [0.5, 0.6) is 0 Å². The number of rotatable bonds is 6. The Morgan fingerprint density at radius 3 is 2.59 bits per heavy atom. The molecule has 0 bridgehead atoms. The normalized spacial score (nSPS) is 12.2. The maximum Gasteiger partial charge on any atom is 0.306 e. The average molecular weight is 259 g/mol. The van der Waals surface area contributed by atoms with Gasteiger partial charge in [0.15, 0.2) is 0 Å². The zero-order valence-corrected chi connectivity index (χ0v) is 10.5. The predicted octanol–water partition coefficient (Wildman–Crippen LogP) is 3.84. The molecule has 0 aliphatic carbocycles. The van der Waals surface area contributed by atoms with Crippen molar-refractivity contribution in [1.29, 1.82) is 0 Å². The van der Waals surface area contributed by atoms with Gasteiger partial charge in [-0.25, -0.2) is 4.39 Å². The van der Waals surface area contributed by atoms with Crippen molar-refractivity contribution >= 4 is 17.6 Å². The standard InChI is InChI=1S/C13H16ClFO2/c1-2-3-13(16)17-12(8-9-14)10-4-6-11(15)7-5-10/h4-7,12H,2-3,8-9H2,1H3/t12-/m1/s1. The van der Waals surface area contributed by atoms with Gasteiger partial charge in [0.2, 0.25) is 0 Å². The molecule has 0 amide bonds. The smallest absolute Gasteiger partial charge is 0.306 e. The van der Waals surface area contributed by atoms with Gasteiger partial charge in [-0.05, 0) is 24.1 Å². The van der Waals surface area contributed by atoms with Crippen LogP contribution in [0, 0.1) is 5.82 Å². The third-order valence-corrected chi connectivity index (χ3v) is 2.56. The van der Waals surface area contributed by atoms with E-state index in [4.69, 9.17) is 16.3 Å². The van der Waals surface area contributed by atoms with E-state index < -0.39 is 0 Å². The first-order valence-electron chi connectivity index (χ1n) is 5.68. The summed E-state index contributed by atoms with van der Waals surface area (Å²) in [6, 6.07) is 5.94. The van der Waals surface area contributed by atoms with E-state index in [9.17, 15) is 9.18 Å². The largest absolute Gasteiger partial charge is 0.457 e. The lowest BCUT2D eigenvalue weighted by Crippen LogP contribution is -2.11. The molecule has 0 aliphatic rings. The summed E-state index contributed by atoms with van der Waals surface area (Å²) >= 11 is 5.67. The molecule has 0 saturated carbocycles. The summed E-state index contributed by atoms with van der Waals surface area (Å²) in [4.78, 5) is 11.4. The monoisotopic (exact) mass is 258 g/mol. The molecule has 0 radical (unpaired) electrons. The molecule has 4 heteroatoms. The van der Waals surface area contributed by atoms with E-state index in [0.717, 1.165) is 12.0 Å². The molecule has 0 N–H and O–H groups in total. The molecule has 0 aliphatic heterocycles. The van der Waals surface area contributed by atoms with Gasteiger partial charge in [-0.1, -0.05) is 19.1 Å². The first kappa shape index (κ1) is 14.0. The van der Waals surface area contributed by atoms with E-state index in [2.05, 4.69) is 0 Å². The fraction of sp³-hybridized carbons (Fsp3) is 0.462. The summed E-state index contributed by atoms with van der Waals surface area (Å²) in [6.45, 7) is 1.91. The molecule has 1 aromatic carbocycles. The van der Waals surface area contributed by atoms with Gasteiger partial charge in [0.1, 0.15) is 11.9 Å². The molecule has 0 unspecified atom stereocenters. The number of benzene rings is 1. The Hall–Kier alpha value is -1.09. The maximum absolute atomic E-state index is 12.8. The highest BCUT2D eigenvalue weighted by Gasteiger charge is 2.15. The minimum absolute atomic E-state index is 0.244. The molecule has 0 fully saturated rings. The van der Waals surface area contributed by atoms with Crippen LogP contribution in [0.3, 0.4) is 0 Å². The predicted molar refractivity (Wildman–Crippen MR) is 65.5 cm³/mol. The summed E-state index contributed by atoms with van der Waals surface area (Å²) < 4.78 is 18.1. The third kappa shape index (κ3) is 4.73. The van der Waals surface area contributed by atoms with E-state index in [1.54, 1.807) is 12.1 Å². The van der Waals surface area contributed by atoms with Crippen molar-refractivity contribution in [1.82, 2.24) is 0 Å². The Labute approximate surface area is 106 Å². The van der Waals surface area contributed by atoms with Crippen LogP contribution in [0.2, 0.25) is 0 Å². The van der Waals surface area contributed by atoms with Crippen molar-refractivity contribution in [2.45, 2.75) is 32.3 Å². The molecule has 1 aromatic rings. The van der Waals surface area contributed by atoms with Crippen LogP contribution >= 0.6 is 11.6 Å². The highest BCUT2D eigenvalue weighted by Crippen LogP contribution is 2.23. The molecule has 1 rings (SSSR count). The zero-order chi connectivity index (χ0) is 12.7. The molecular formula is C13H16ClFO2. The van der Waals surface area contributed by atoms with Crippen LogP contribution in [0.4, 0.5) is 4.39 Å². The highest BCUT2D eigenvalue weighted by atomic mass is 35.5. The number of esters is 1. The minimum Gasteiger partial charge on any atom is -0.457 e. The fourth-order valence-electron chi connectivity index (χ4n) is 1.49. The molecule has 2 nitrogen and oxygen atoms in total. The zero-order valence-electron chi connectivity index (χ0n) is 9.79. The Morgan fingerprint density at radius 1 is 1.41 bits per heavy atom. The second kappa shape index (κ2) is 7.28. The first-order chi connectivity index (χ1) is 8.17. The van der Waals surface area contributed by atoms with Crippen molar-refractivity contribution in [3.63, 3.8) is 0 Å². The topological polar surface area (TPSA) is 26.3 Å². The molecule has 0 spiro atoms. The van der Waals surface area contributed by atoms with Gasteiger partial charge < -0.3 is 4.74 Å². The number of ether oxygens (including phenoxy) is 1. The molecule has 94 valence electrons. The van der Waals surface area contributed by atoms with Gasteiger partial charge >= 0.3 is 5.97 Å². The summed E-state index contributed by atoms with van der Waals surface area (Å²) in [5.74, 6) is -0.160. The number of alkyl halides is 1. The van der Waals surface area contributed by atoms with Crippen molar-refractivity contribution in [2.24, 2.45) is 0 Å². The lowest BCUT2D eigenvalue weighted by atomic mass is 10.1. The summed E-state index contributed by atoms with van der Waals surface area (Å²) in [5.41, 5.74) is 0.775. The van der Waals surface area contributed by atoms with Gasteiger partial charge in [-0.15, -0.1) is 11.6 Å². The molecule has 0 heterocycles. The number of hydrogen-bond donors (Lipinski definition) is 0. The van der Waals surface area contributed by atoms with Crippen LogP contribution in [0.25, 0.3) is 0 Å². The van der Waals surface area contributed by atoms with E-state index in [-0.39, 0.29) is 17.9 Å². The van der Waals surface area contributed by atoms with Crippen LogP contribution in [0.15, 0.2) is 24.3 Å². The SMILES string of the molecule is CCCC(=O)O[C@H](CCCl)c1ccc(F)cc1. The number of halogens is 2. The number of hydrogen-bond acceptors (Lipinski definition) is 2.